The highest BCUT2D eigenvalue weighted by molar-refractivity contribution is 5.78. The van der Waals surface area contributed by atoms with Crippen molar-refractivity contribution in [3.05, 3.63) is 35.9 Å². The minimum absolute atomic E-state index is 0.0722. The van der Waals surface area contributed by atoms with Gasteiger partial charge in [0.05, 0.1) is 6.07 Å². The van der Waals surface area contributed by atoms with Gasteiger partial charge in [0, 0.05) is 5.56 Å². The highest BCUT2D eigenvalue weighted by Gasteiger charge is 2.30. The number of nitrogens with one attached hydrogen (secondary N) is 1. The number of nitriles is 1. The topological polar surface area (TPSA) is 69.5 Å². The highest BCUT2D eigenvalue weighted by Crippen LogP contribution is 2.14. The average molecular weight is 274 g/mol. The maximum atomic E-state index is 12.0. The number of rotatable bonds is 6. The smallest absolute Gasteiger partial charge is 0.276 e. The molecule has 0 aliphatic heterocycles. The SMILES string of the molecule is CC(C)[C@@](C)(C#N)NC(=O)C[NH2+][C@@H](C)c1ccccc1. The van der Waals surface area contributed by atoms with Gasteiger partial charge in [0.25, 0.3) is 5.91 Å². The Labute approximate surface area is 121 Å². The number of hydrogen-bond donors (Lipinski definition) is 2. The molecule has 1 aromatic carbocycles. The Morgan fingerprint density at radius 1 is 1.35 bits per heavy atom. The molecule has 0 aromatic heterocycles. The number of quaternary nitrogens is 1. The van der Waals surface area contributed by atoms with Gasteiger partial charge >= 0.3 is 0 Å². The number of amides is 1. The molecule has 2 atom stereocenters. The van der Waals surface area contributed by atoms with Crippen molar-refractivity contribution in [2.24, 2.45) is 5.92 Å². The highest BCUT2D eigenvalue weighted by atomic mass is 16.2. The second kappa shape index (κ2) is 7.06. The summed E-state index contributed by atoms with van der Waals surface area (Å²) in [5, 5.41) is 14.0. The molecule has 1 rings (SSSR count). The molecule has 20 heavy (non-hydrogen) atoms. The van der Waals surface area contributed by atoms with Crippen LogP contribution in [-0.2, 0) is 4.79 Å². The van der Waals surface area contributed by atoms with Crippen molar-refractivity contribution in [1.82, 2.24) is 5.32 Å². The molecule has 4 heteroatoms. The van der Waals surface area contributed by atoms with Gasteiger partial charge in [-0.25, -0.2) is 0 Å². The van der Waals surface area contributed by atoms with E-state index in [0.29, 0.717) is 6.54 Å². The summed E-state index contributed by atoms with van der Waals surface area (Å²) in [4.78, 5) is 12.0. The van der Waals surface area contributed by atoms with Gasteiger partial charge in [-0.3, -0.25) is 4.79 Å². The fourth-order valence-corrected chi connectivity index (χ4v) is 1.82. The minimum Gasteiger partial charge on any atom is -0.333 e. The minimum atomic E-state index is -0.805. The normalized spacial score (nSPS) is 15.2. The second-order valence-corrected chi connectivity index (χ2v) is 5.66. The number of carbonyl (C=O) groups is 1. The lowest BCUT2D eigenvalue weighted by molar-refractivity contribution is -0.682. The standard InChI is InChI=1S/C16H23N3O/c1-12(2)16(4,11-17)19-15(20)10-18-13(3)14-8-6-5-7-9-14/h5-9,12-13,18H,10H2,1-4H3,(H,19,20)/p+1/t13-,16+/m0/s1. The summed E-state index contributed by atoms with van der Waals surface area (Å²) < 4.78 is 0. The zero-order chi connectivity index (χ0) is 15.2. The Kier molecular flexibility index (Phi) is 5.72. The Hall–Kier alpha value is -1.86. The fourth-order valence-electron chi connectivity index (χ4n) is 1.82. The maximum absolute atomic E-state index is 12.0. The van der Waals surface area contributed by atoms with E-state index in [0.717, 1.165) is 0 Å². The average Bonchev–Trinajstić information content (AvgIpc) is 2.45. The van der Waals surface area contributed by atoms with E-state index in [1.54, 1.807) is 6.92 Å². The summed E-state index contributed by atoms with van der Waals surface area (Å²) in [7, 11) is 0. The first kappa shape index (κ1) is 16.2. The van der Waals surface area contributed by atoms with Crippen molar-refractivity contribution < 1.29 is 10.1 Å². The molecule has 108 valence electrons. The molecule has 1 aromatic rings. The summed E-state index contributed by atoms with van der Waals surface area (Å²) in [6.45, 7) is 8.00. The fraction of sp³-hybridized carbons (Fsp3) is 0.500. The lowest BCUT2D eigenvalue weighted by Gasteiger charge is -2.27. The van der Waals surface area contributed by atoms with Crippen molar-refractivity contribution in [3.63, 3.8) is 0 Å². The van der Waals surface area contributed by atoms with Crippen LogP contribution in [0.3, 0.4) is 0 Å². The molecule has 0 bridgehead atoms. The van der Waals surface area contributed by atoms with Crippen LogP contribution in [-0.4, -0.2) is 18.0 Å². The number of nitrogens with zero attached hydrogens (tertiary/aromatic N) is 1. The molecule has 0 aliphatic carbocycles. The van der Waals surface area contributed by atoms with E-state index in [2.05, 4.69) is 18.3 Å². The van der Waals surface area contributed by atoms with E-state index in [9.17, 15) is 10.1 Å². The van der Waals surface area contributed by atoms with Gasteiger partial charge < -0.3 is 10.6 Å². The monoisotopic (exact) mass is 274 g/mol. The van der Waals surface area contributed by atoms with Crippen LogP contribution in [0, 0.1) is 17.2 Å². The van der Waals surface area contributed by atoms with Crippen molar-refractivity contribution in [1.29, 1.82) is 5.26 Å². The van der Waals surface area contributed by atoms with E-state index < -0.39 is 5.54 Å². The third-order valence-electron chi connectivity index (χ3n) is 3.77. The first-order chi connectivity index (χ1) is 9.39. The quantitative estimate of drug-likeness (QED) is 0.822. The molecule has 1 amide bonds. The van der Waals surface area contributed by atoms with Gasteiger partial charge in [-0.15, -0.1) is 0 Å². The molecule has 0 saturated carbocycles. The van der Waals surface area contributed by atoms with Crippen LogP contribution in [0.5, 0.6) is 0 Å². The van der Waals surface area contributed by atoms with Crippen LogP contribution in [0.4, 0.5) is 0 Å². The molecule has 0 saturated heterocycles. The molecule has 0 unspecified atom stereocenters. The van der Waals surface area contributed by atoms with Crippen LogP contribution in [0.15, 0.2) is 30.3 Å². The maximum Gasteiger partial charge on any atom is 0.276 e. The molecule has 0 radical (unpaired) electrons. The zero-order valence-electron chi connectivity index (χ0n) is 12.7. The second-order valence-electron chi connectivity index (χ2n) is 5.66. The Morgan fingerprint density at radius 3 is 2.45 bits per heavy atom. The van der Waals surface area contributed by atoms with E-state index in [-0.39, 0.29) is 17.9 Å². The third-order valence-corrected chi connectivity index (χ3v) is 3.77. The number of hydrogen-bond acceptors (Lipinski definition) is 2. The molecule has 4 nitrogen and oxygen atoms in total. The van der Waals surface area contributed by atoms with Gasteiger partial charge in [0.2, 0.25) is 0 Å². The largest absolute Gasteiger partial charge is 0.333 e. The molecule has 3 N–H and O–H groups in total. The Bertz CT molecular complexity index is 478. The van der Waals surface area contributed by atoms with Gasteiger partial charge in [0.1, 0.15) is 11.6 Å². The number of benzene rings is 1. The predicted octanol–water partition coefficient (Wildman–Crippen LogP) is 1.37. The Morgan fingerprint density at radius 2 is 1.95 bits per heavy atom. The number of nitrogens with two attached hydrogens (primary N) is 1. The Balaban J connectivity index is 2.50. The third kappa shape index (κ3) is 4.36. The van der Waals surface area contributed by atoms with Gasteiger partial charge in [-0.05, 0) is 19.8 Å². The molecule has 0 heterocycles. The molecular weight excluding hydrogens is 250 g/mol. The van der Waals surface area contributed by atoms with Crippen molar-refractivity contribution >= 4 is 5.91 Å². The molecule has 0 aliphatic rings. The van der Waals surface area contributed by atoms with E-state index in [1.807, 2.05) is 49.5 Å². The van der Waals surface area contributed by atoms with Crippen LogP contribution in [0.25, 0.3) is 0 Å². The van der Waals surface area contributed by atoms with Gasteiger partial charge in [-0.1, -0.05) is 44.2 Å². The lowest BCUT2D eigenvalue weighted by atomic mass is 9.90. The van der Waals surface area contributed by atoms with Crippen LogP contribution in [0.2, 0.25) is 0 Å². The summed E-state index contributed by atoms with van der Waals surface area (Å²) in [6.07, 6.45) is 0. The van der Waals surface area contributed by atoms with Crippen molar-refractivity contribution in [2.75, 3.05) is 6.54 Å². The summed E-state index contributed by atoms with van der Waals surface area (Å²) in [5.74, 6) is -0.0338. The first-order valence-electron chi connectivity index (χ1n) is 6.99. The summed E-state index contributed by atoms with van der Waals surface area (Å²) >= 11 is 0. The van der Waals surface area contributed by atoms with E-state index in [1.165, 1.54) is 5.56 Å². The summed E-state index contributed by atoms with van der Waals surface area (Å²) in [5.41, 5.74) is 0.383. The van der Waals surface area contributed by atoms with Crippen molar-refractivity contribution in [3.8, 4) is 6.07 Å². The number of carbonyl (C=O) groups excluding carboxylic acids is 1. The van der Waals surface area contributed by atoms with Gasteiger partial charge in [0.15, 0.2) is 6.54 Å². The predicted molar refractivity (Wildman–Crippen MR) is 78.6 cm³/mol. The first-order valence-corrected chi connectivity index (χ1v) is 6.99. The van der Waals surface area contributed by atoms with Crippen molar-refractivity contribution in [2.45, 2.75) is 39.3 Å². The molecular formula is C16H24N3O+. The van der Waals surface area contributed by atoms with Gasteiger partial charge in [-0.2, -0.15) is 5.26 Å². The summed E-state index contributed by atoms with van der Waals surface area (Å²) in [6, 6.07) is 12.5. The zero-order valence-corrected chi connectivity index (χ0v) is 12.7. The lowest BCUT2D eigenvalue weighted by Crippen LogP contribution is -2.87. The van der Waals surface area contributed by atoms with Crippen LogP contribution in [0.1, 0.15) is 39.3 Å². The van der Waals surface area contributed by atoms with E-state index >= 15 is 0 Å². The van der Waals surface area contributed by atoms with Crippen LogP contribution < -0.4 is 10.6 Å². The van der Waals surface area contributed by atoms with E-state index in [4.69, 9.17) is 0 Å². The molecule has 0 spiro atoms. The van der Waals surface area contributed by atoms with Crippen LogP contribution >= 0.6 is 0 Å². The molecule has 0 fully saturated rings.